The second-order valence-electron chi connectivity index (χ2n) is 5.59. The van der Waals surface area contributed by atoms with Gasteiger partial charge in [0.2, 0.25) is 0 Å². The van der Waals surface area contributed by atoms with Crippen molar-refractivity contribution in [2.45, 2.75) is 64.5 Å². The van der Waals surface area contributed by atoms with E-state index in [1.807, 2.05) is 4.68 Å². The molecular formula is C14H25N5. The van der Waals surface area contributed by atoms with Crippen LogP contribution in [0.5, 0.6) is 0 Å². The first-order valence-electron chi connectivity index (χ1n) is 7.23. The van der Waals surface area contributed by atoms with Gasteiger partial charge in [-0.25, -0.2) is 9.67 Å². The van der Waals surface area contributed by atoms with E-state index in [1.165, 1.54) is 31.3 Å². The van der Waals surface area contributed by atoms with Gasteiger partial charge >= 0.3 is 0 Å². The molecule has 0 aliphatic heterocycles. The van der Waals surface area contributed by atoms with E-state index in [9.17, 15) is 0 Å². The van der Waals surface area contributed by atoms with Crippen LogP contribution < -0.4 is 11.3 Å². The smallest absolute Gasteiger partial charge is 0.138 e. The summed E-state index contributed by atoms with van der Waals surface area (Å²) in [7, 11) is 0. The minimum atomic E-state index is 0.242. The van der Waals surface area contributed by atoms with Crippen LogP contribution in [0.4, 0.5) is 0 Å². The summed E-state index contributed by atoms with van der Waals surface area (Å²) in [6.07, 6.45) is 10.9. The van der Waals surface area contributed by atoms with Crippen molar-refractivity contribution in [1.29, 1.82) is 0 Å². The number of rotatable bonds is 6. The molecule has 1 aliphatic rings. The van der Waals surface area contributed by atoms with Crippen molar-refractivity contribution in [2.75, 3.05) is 0 Å². The molecule has 1 heterocycles. The molecule has 0 fully saturated rings. The Bertz CT molecular complexity index is 421. The number of hydrogen-bond acceptors (Lipinski definition) is 4. The number of nitrogens with two attached hydrogens (primary N) is 1. The summed E-state index contributed by atoms with van der Waals surface area (Å²) >= 11 is 0. The number of hydrazine groups is 1. The first kappa shape index (κ1) is 14.2. The molecule has 0 saturated heterocycles. The third-order valence-electron chi connectivity index (χ3n) is 3.69. The molecule has 0 amide bonds. The summed E-state index contributed by atoms with van der Waals surface area (Å²) in [5.74, 6) is 6.71. The summed E-state index contributed by atoms with van der Waals surface area (Å²) in [6, 6.07) is 0.580. The van der Waals surface area contributed by atoms with E-state index >= 15 is 0 Å². The van der Waals surface area contributed by atoms with Gasteiger partial charge in [0.05, 0.1) is 0 Å². The Balaban J connectivity index is 1.98. The Hall–Kier alpha value is -1.20. The number of allylic oxidation sites excluding steroid dienone is 1. The SMILES string of the molecule is CC(C)n1ncnc1CC(CC1=CCCCC1)NN. The molecule has 1 aromatic rings. The van der Waals surface area contributed by atoms with E-state index in [1.54, 1.807) is 6.33 Å². The third-order valence-corrected chi connectivity index (χ3v) is 3.69. The molecule has 0 bridgehead atoms. The summed E-state index contributed by atoms with van der Waals surface area (Å²) in [6.45, 7) is 4.24. The highest BCUT2D eigenvalue weighted by Gasteiger charge is 2.16. The van der Waals surface area contributed by atoms with Gasteiger partial charge < -0.3 is 0 Å². The van der Waals surface area contributed by atoms with Gasteiger partial charge in [-0.1, -0.05) is 11.6 Å². The van der Waals surface area contributed by atoms with Gasteiger partial charge in [-0.15, -0.1) is 0 Å². The minimum Gasteiger partial charge on any atom is -0.271 e. The Kier molecular flexibility index (Phi) is 5.10. The topological polar surface area (TPSA) is 68.8 Å². The largest absolute Gasteiger partial charge is 0.271 e. The number of hydrogen-bond donors (Lipinski definition) is 2. The molecule has 1 aromatic heterocycles. The van der Waals surface area contributed by atoms with E-state index in [0.29, 0.717) is 6.04 Å². The van der Waals surface area contributed by atoms with Crippen molar-refractivity contribution >= 4 is 0 Å². The lowest BCUT2D eigenvalue weighted by molar-refractivity contribution is 0.452. The fourth-order valence-corrected chi connectivity index (χ4v) is 2.67. The molecule has 3 N–H and O–H groups in total. The Morgan fingerprint density at radius 1 is 1.37 bits per heavy atom. The maximum Gasteiger partial charge on any atom is 0.138 e. The molecule has 0 radical (unpaired) electrons. The summed E-state index contributed by atoms with van der Waals surface area (Å²) in [5, 5.41) is 4.27. The average Bonchev–Trinajstić information content (AvgIpc) is 2.87. The standard InChI is InChI=1S/C14H25N5/c1-11(2)19-14(16-10-17-19)9-13(18-15)8-12-6-4-3-5-7-12/h6,10-11,13,18H,3-5,7-9,15H2,1-2H3. The zero-order chi connectivity index (χ0) is 13.7. The number of nitrogens with one attached hydrogen (secondary N) is 1. The van der Waals surface area contributed by atoms with Crippen molar-refractivity contribution in [3.8, 4) is 0 Å². The predicted octanol–water partition coefficient (Wildman–Crippen LogP) is 2.12. The number of nitrogens with zero attached hydrogens (tertiary/aromatic N) is 3. The van der Waals surface area contributed by atoms with Crippen LogP contribution in [0.15, 0.2) is 18.0 Å². The van der Waals surface area contributed by atoms with E-state index in [4.69, 9.17) is 5.84 Å². The highest BCUT2D eigenvalue weighted by atomic mass is 15.3. The van der Waals surface area contributed by atoms with E-state index < -0.39 is 0 Å². The molecule has 1 unspecified atom stereocenters. The molecule has 1 aliphatic carbocycles. The van der Waals surface area contributed by atoms with Gasteiger partial charge in [-0.05, 0) is 46.0 Å². The second-order valence-corrected chi connectivity index (χ2v) is 5.59. The zero-order valence-electron chi connectivity index (χ0n) is 12.0. The quantitative estimate of drug-likeness (QED) is 0.468. The molecule has 0 aromatic carbocycles. The maximum absolute atomic E-state index is 5.70. The third kappa shape index (κ3) is 3.88. The first-order chi connectivity index (χ1) is 9.20. The van der Waals surface area contributed by atoms with Crippen LogP contribution in [0.1, 0.15) is 57.8 Å². The summed E-state index contributed by atoms with van der Waals surface area (Å²) < 4.78 is 1.97. The van der Waals surface area contributed by atoms with Crippen molar-refractivity contribution in [2.24, 2.45) is 5.84 Å². The van der Waals surface area contributed by atoms with Gasteiger partial charge in [0, 0.05) is 18.5 Å². The maximum atomic E-state index is 5.70. The van der Waals surface area contributed by atoms with E-state index in [0.717, 1.165) is 18.7 Å². The van der Waals surface area contributed by atoms with E-state index in [-0.39, 0.29) is 6.04 Å². The second kappa shape index (κ2) is 6.82. The summed E-state index contributed by atoms with van der Waals surface area (Å²) in [5.41, 5.74) is 4.46. The van der Waals surface area contributed by atoms with Gasteiger partial charge in [0.1, 0.15) is 12.2 Å². The molecule has 0 spiro atoms. The predicted molar refractivity (Wildman–Crippen MR) is 76.4 cm³/mol. The summed E-state index contributed by atoms with van der Waals surface area (Å²) in [4.78, 5) is 4.36. The Labute approximate surface area is 115 Å². The molecule has 0 saturated carbocycles. The monoisotopic (exact) mass is 263 g/mol. The minimum absolute atomic E-state index is 0.242. The normalized spacial score (nSPS) is 17.6. The lowest BCUT2D eigenvalue weighted by atomic mass is 9.93. The molecular weight excluding hydrogens is 238 g/mol. The van der Waals surface area contributed by atoms with Crippen LogP contribution >= 0.6 is 0 Å². The molecule has 106 valence electrons. The average molecular weight is 263 g/mol. The Morgan fingerprint density at radius 2 is 2.21 bits per heavy atom. The number of aromatic nitrogens is 3. The van der Waals surface area contributed by atoms with Gasteiger partial charge in [-0.3, -0.25) is 11.3 Å². The van der Waals surface area contributed by atoms with Crippen LogP contribution in [0.25, 0.3) is 0 Å². The van der Waals surface area contributed by atoms with Crippen LogP contribution in [-0.2, 0) is 6.42 Å². The molecule has 5 nitrogen and oxygen atoms in total. The van der Waals surface area contributed by atoms with Crippen LogP contribution in [0.2, 0.25) is 0 Å². The van der Waals surface area contributed by atoms with Gasteiger partial charge in [0.25, 0.3) is 0 Å². The van der Waals surface area contributed by atoms with E-state index in [2.05, 4.69) is 35.4 Å². The fraction of sp³-hybridized carbons (Fsp3) is 0.714. The van der Waals surface area contributed by atoms with Gasteiger partial charge in [-0.2, -0.15) is 5.10 Å². The van der Waals surface area contributed by atoms with Crippen molar-refractivity contribution in [3.05, 3.63) is 23.8 Å². The van der Waals surface area contributed by atoms with Gasteiger partial charge in [0.15, 0.2) is 0 Å². The molecule has 2 rings (SSSR count). The van der Waals surface area contributed by atoms with Crippen LogP contribution in [0, 0.1) is 0 Å². The highest BCUT2D eigenvalue weighted by molar-refractivity contribution is 5.08. The first-order valence-corrected chi connectivity index (χ1v) is 7.23. The van der Waals surface area contributed by atoms with Crippen LogP contribution in [0.3, 0.4) is 0 Å². The molecule has 19 heavy (non-hydrogen) atoms. The van der Waals surface area contributed by atoms with Crippen molar-refractivity contribution in [1.82, 2.24) is 20.2 Å². The molecule has 5 heteroatoms. The lowest BCUT2D eigenvalue weighted by Crippen LogP contribution is -2.38. The Morgan fingerprint density at radius 3 is 2.84 bits per heavy atom. The molecule has 1 atom stereocenters. The van der Waals surface area contributed by atoms with Crippen LogP contribution in [-0.4, -0.2) is 20.8 Å². The lowest BCUT2D eigenvalue weighted by Gasteiger charge is -2.20. The highest BCUT2D eigenvalue weighted by Crippen LogP contribution is 2.22. The van der Waals surface area contributed by atoms with Crippen molar-refractivity contribution < 1.29 is 0 Å². The fourth-order valence-electron chi connectivity index (χ4n) is 2.67. The zero-order valence-corrected chi connectivity index (χ0v) is 12.0. The van der Waals surface area contributed by atoms with Crippen molar-refractivity contribution in [3.63, 3.8) is 0 Å².